The molecule has 0 N–H and O–H groups in total. The molecule has 30 heavy (non-hydrogen) atoms. The van der Waals surface area contributed by atoms with Gasteiger partial charge in [-0.05, 0) is 37.3 Å². The molecular formula is C19H22F3N3O4S. The van der Waals surface area contributed by atoms with Crippen molar-refractivity contribution >= 4 is 15.9 Å². The summed E-state index contributed by atoms with van der Waals surface area (Å²) < 4.78 is 63.2. The van der Waals surface area contributed by atoms with E-state index in [4.69, 9.17) is 0 Å². The summed E-state index contributed by atoms with van der Waals surface area (Å²) in [5, 5.41) is 0. The highest BCUT2D eigenvalue weighted by molar-refractivity contribution is 7.92. The fourth-order valence-electron chi connectivity index (χ4n) is 5.66. The summed E-state index contributed by atoms with van der Waals surface area (Å²) in [6.07, 6.45) is -0.981. The topological polar surface area (TPSA) is 79.8 Å². The summed E-state index contributed by atoms with van der Waals surface area (Å²) in [6.45, 7) is 2.51. The van der Waals surface area contributed by atoms with Crippen molar-refractivity contribution in [2.75, 3.05) is 37.7 Å². The van der Waals surface area contributed by atoms with Crippen molar-refractivity contribution in [2.45, 2.75) is 25.6 Å². The Morgan fingerprint density at radius 3 is 2.20 bits per heavy atom. The summed E-state index contributed by atoms with van der Waals surface area (Å²) in [5.41, 5.74) is 0.701. The van der Waals surface area contributed by atoms with Crippen LogP contribution in [0.4, 0.5) is 18.0 Å². The summed E-state index contributed by atoms with van der Waals surface area (Å²) in [4.78, 5) is 20.2. The summed E-state index contributed by atoms with van der Waals surface area (Å²) in [7, 11) is -2.88. The zero-order chi connectivity index (χ0) is 21.4. The lowest BCUT2D eigenvalue weighted by Gasteiger charge is -2.62. The maximum Gasteiger partial charge on any atom is 0.573 e. The zero-order valence-corrected chi connectivity index (χ0v) is 17.0. The van der Waals surface area contributed by atoms with Gasteiger partial charge in [0.05, 0.1) is 17.7 Å². The lowest BCUT2D eigenvalue weighted by Crippen LogP contribution is -2.73. The zero-order valence-electron chi connectivity index (χ0n) is 16.2. The second-order valence-corrected chi connectivity index (χ2v) is 11.6. The van der Waals surface area contributed by atoms with Gasteiger partial charge in [0.2, 0.25) is 0 Å². The van der Waals surface area contributed by atoms with Crippen LogP contribution in [0.2, 0.25) is 0 Å². The molecule has 0 aromatic carbocycles. The van der Waals surface area contributed by atoms with Crippen molar-refractivity contribution in [3.8, 4) is 5.75 Å². The summed E-state index contributed by atoms with van der Waals surface area (Å²) >= 11 is 0. The molecule has 1 aliphatic carbocycles. The number of aromatic nitrogens is 1. The molecule has 0 radical (unpaired) electrons. The van der Waals surface area contributed by atoms with Crippen molar-refractivity contribution in [3.05, 3.63) is 24.0 Å². The van der Waals surface area contributed by atoms with Gasteiger partial charge in [0.15, 0.2) is 9.84 Å². The summed E-state index contributed by atoms with van der Waals surface area (Å²) in [6, 6.07) is 2.84. The highest BCUT2D eigenvalue weighted by Crippen LogP contribution is 2.53. The van der Waals surface area contributed by atoms with Gasteiger partial charge in [-0.2, -0.15) is 0 Å². The molecule has 1 saturated carbocycles. The minimum Gasteiger partial charge on any atom is -0.404 e. The molecule has 1 aromatic heterocycles. The largest absolute Gasteiger partial charge is 0.573 e. The molecule has 2 spiro atoms. The third-order valence-electron chi connectivity index (χ3n) is 6.67. The number of hydrogen-bond donors (Lipinski definition) is 0. The first-order chi connectivity index (χ1) is 13.9. The molecule has 1 aromatic rings. The molecule has 4 aliphatic rings. The van der Waals surface area contributed by atoms with E-state index in [2.05, 4.69) is 9.72 Å². The van der Waals surface area contributed by atoms with Crippen molar-refractivity contribution in [1.29, 1.82) is 0 Å². The average molecular weight is 445 g/mol. The van der Waals surface area contributed by atoms with E-state index in [1.54, 1.807) is 11.0 Å². The third kappa shape index (κ3) is 3.61. The first-order valence-corrected chi connectivity index (χ1v) is 11.7. The second-order valence-electron chi connectivity index (χ2n) is 9.54. The Hall–Kier alpha value is -2.04. The second kappa shape index (κ2) is 6.24. The van der Waals surface area contributed by atoms with E-state index in [0.29, 0.717) is 25.4 Å². The van der Waals surface area contributed by atoms with Crippen LogP contribution in [0.15, 0.2) is 18.3 Å². The Balaban J connectivity index is 1.04. The van der Waals surface area contributed by atoms with Crippen molar-refractivity contribution < 1.29 is 31.1 Å². The van der Waals surface area contributed by atoms with Crippen molar-refractivity contribution in [3.63, 3.8) is 0 Å². The van der Waals surface area contributed by atoms with Crippen LogP contribution in [0.25, 0.3) is 0 Å². The van der Waals surface area contributed by atoms with E-state index in [1.807, 2.05) is 4.90 Å². The van der Waals surface area contributed by atoms with Gasteiger partial charge in [-0.1, -0.05) is 0 Å². The van der Waals surface area contributed by atoms with Crippen LogP contribution in [0.3, 0.4) is 0 Å². The predicted octanol–water partition coefficient (Wildman–Crippen LogP) is 2.09. The average Bonchev–Trinajstić information content (AvgIpc) is 2.50. The number of likely N-dealkylation sites (tertiary alicyclic amines) is 2. The SMILES string of the molecule is O=C(N1CC2(CC(Cc3ccc(OC(F)(F)F)cn3)C2)C1)N1CC2(C1)CS(=O)(=O)C2. The smallest absolute Gasteiger partial charge is 0.404 e. The van der Waals surface area contributed by atoms with Gasteiger partial charge < -0.3 is 14.5 Å². The molecule has 0 atom stereocenters. The van der Waals surface area contributed by atoms with E-state index >= 15 is 0 Å². The first-order valence-electron chi connectivity index (χ1n) is 9.89. The number of ether oxygens (including phenoxy) is 1. The van der Waals surface area contributed by atoms with E-state index in [-0.39, 0.29) is 34.1 Å². The van der Waals surface area contributed by atoms with Crippen LogP contribution in [-0.4, -0.2) is 73.3 Å². The summed E-state index contributed by atoms with van der Waals surface area (Å²) in [5.74, 6) is 0.493. The molecule has 5 rings (SSSR count). The number of sulfone groups is 1. The Bertz CT molecular complexity index is 946. The highest BCUT2D eigenvalue weighted by atomic mass is 32.2. The van der Waals surface area contributed by atoms with E-state index < -0.39 is 16.2 Å². The lowest BCUT2D eigenvalue weighted by molar-refractivity contribution is -0.274. The van der Waals surface area contributed by atoms with Gasteiger partial charge in [0, 0.05) is 42.7 Å². The van der Waals surface area contributed by atoms with Gasteiger partial charge in [-0.25, -0.2) is 13.2 Å². The van der Waals surface area contributed by atoms with Crippen LogP contribution in [0, 0.1) is 16.7 Å². The van der Waals surface area contributed by atoms with Crippen molar-refractivity contribution in [2.24, 2.45) is 16.7 Å². The molecule has 4 fully saturated rings. The molecule has 2 amide bonds. The van der Waals surface area contributed by atoms with Gasteiger partial charge in [-0.3, -0.25) is 4.98 Å². The van der Waals surface area contributed by atoms with Crippen LogP contribution in [-0.2, 0) is 16.3 Å². The van der Waals surface area contributed by atoms with E-state index in [9.17, 15) is 26.4 Å². The van der Waals surface area contributed by atoms with Gasteiger partial charge >= 0.3 is 12.4 Å². The number of halogens is 3. The fraction of sp³-hybridized carbons (Fsp3) is 0.684. The maximum atomic E-state index is 12.5. The lowest BCUT2D eigenvalue weighted by atomic mass is 9.57. The third-order valence-corrected chi connectivity index (χ3v) is 8.78. The monoisotopic (exact) mass is 445 g/mol. The van der Waals surface area contributed by atoms with E-state index in [1.165, 1.54) is 6.07 Å². The standard InChI is InChI=1S/C19H22F3N3O4S/c20-19(21,22)29-15-2-1-14(23-6-15)3-13-4-17(5-13)7-24(8-17)16(26)25-9-18(10-25)11-30(27,28)12-18/h1-2,6,13H,3-5,7-12H2. The number of urea groups is 1. The number of rotatable bonds is 3. The van der Waals surface area contributed by atoms with Gasteiger partial charge in [0.25, 0.3) is 0 Å². The Morgan fingerprint density at radius 1 is 1.10 bits per heavy atom. The number of carbonyl (C=O) groups excluding carboxylic acids is 1. The minimum atomic E-state index is -4.72. The molecule has 164 valence electrons. The molecule has 3 aliphatic heterocycles. The van der Waals surface area contributed by atoms with Crippen LogP contribution >= 0.6 is 0 Å². The molecule has 0 unspecified atom stereocenters. The number of carbonyl (C=O) groups is 1. The minimum absolute atomic E-state index is 0.000850. The molecule has 11 heteroatoms. The van der Waals surface area contributed by atoms with Crippen LogP contribution in [0.5, 0.6) is 5.75 Å². The molecule has 3 saturated heterocycles. The Labute approximate surface area is 172 Å². The first kappa shape index (κ1) is 19.9. The molecule has 0 bridgehead atoms. The number of pyridine rings is 1. The Kier molecular flexibility index (Phi) is 4.14. The van der Waals surface area contributed by atoms with E-state index in [0.717, 1.165) is 37.8 Å². The normalized spacial score (nSPS) is 25.8. The molecule has 7 nitrogen and oxygen atoms in total. The van der Waals surface area contributed by atoms with Crippen molar-refractivity contribution in [1.82, 2.24) is 14.8 Å². The molecular weight excluding hydrogens is 423 g/mol. The predicted molar refractivity (Wildman–Crippen MR) is 99.4 cm³/mol. The number of amides is 2. The van der Waals surface area contributed by atoms with Crippen LogP contribution < -0.4 is 4.74 Å². The highest BCUT2D eigenvalue weighted by Gasteiger charge is 2.60. The number of alkyl halides is 3. The number of hydrogen-bond acceptors (Lipinski definition) is 5. The van der Waals surface area contributed by atoms with Crippen LogP contribution in [0.1, 0.15) is 18.5 Å². The fourth-order valence-corrected chi connectivity index (χ4v) is 7.81. The molecule has 4 heterocycles. The maximum absolute atomic E-state index is 12.5. The van der Waals surface area contributed by atoms with Gasteiger partial charge in [0.1, 0.15) is 5.75 Å². The van der Waals surface area contributed by atoms with Gasteiger partial charge in [-0.15, -0.1) is 13.2 Å². The Morgan fingerprint density at radius 2 is 1.70 bits per heavy atom. The quantitative estimate of drug-likeness (QED) is 0.712. The number of nitrogens with zero attached hydrogens (tertiary/aromatic N) is 3.